The lowest BCUT2D eigenvalue weighted by molar-refractivity contribution is -0.114. The quantitative estimate of drug-likeness (QED) is 0.263. The van der Waals surface area contributed by atoms with Crippen molar-refractivity contribution in [2.45, 2.75) is 39.2 Å². The van der Waals surface area contributed by atoms with Crippen LogP contribution in [-0.4, -0.2) is 52.9 Å². The average molecular weight is 518 g/mol. The fraction of sp³-hybridized carbons (Fsp3) is 0.357. The van der Waals surface area contributed by atoms with E-state index in [0.717, 1.165) is 31.6 Å². The lowest BCUT2D eigenvalue weighted by Crippen LogP contribution is -2.31. The SMILES string of the molecule is CC(=O)Nc1cc(Nc2ncc(C(N)=O)c(NCc3ccccc3)n2)ccc1OCCCN1CCCCC1. The van der Waals surface area contributed by atoms with Gasteiger partial charge in [-0.3, -0.25) is 9.59 Å². The molecule has 1 aromatic heterocycles. The zero-order valence-corrected chi connectivity index (χ0v) is 21.7. The molecule has 1 aliphatic heterocycles. The molecule has 0 unspecified atom stereocenters. The van der Waals surface area contributed by atoms with Gasteiger partial charge in [-0.05, 0) is 56.1 Å². The monoisotopic (exact) mass is 517 g/mol. The Kier molecular flexibility index (Phi) is 9.47. The van der Waals surface area contributed by atoms with Gasteiger partial charge in [0.05, 0.1) is 17.9 Å². The van der Waals surface area contributed by atoms with Crippen molar-refractivity contribution in [3.63, 3.8) is 0 Å². The summed E-state index contributed by atoms with van der Waals surface area (Å²) in [4.78, 5) is 34.9. The van der Waals surface area contributed by atoms with Crippen molar-refractivity contribution in [2.75, 3.05) is 42.2 Å². The highest BCUT2D eigenvalue weighted by atomic mass is 16.5. The maximum Gasteiger partial charge on any atom is 0.254 e. The normalized spacial score (nSPS) is 13.5. The molecule has 3 aromatic rings. The summed E-state index contributed by atoms with van der Waals surface area (Å²) in [5.74, 6) is 0.375. The molecule has 0 saturated carbocycles. The van der Waals surface area contributed by atoms with Gasteiger partial charge in [0, 0.05) is 31.9 Å². The number of benzene rings is 2. The molecular weight excluding hydrogens is 482 g/mol. The number of anilines is 4. The number of nitrogens with zero attached hydrogens (tertiary/aromatic N) is 3. The Morgan fingerprint density at radius 3 is 2.61 bits per heavy atom. The van der Waals surface area contributed by atoms with Crippen LogP contribution in [0.15, 0.2) is 54.7 Å². The predicted molar refractivity (Wildman–Crippen MR) is 149 cm³/mol. The number of hydrogen-bond donors (Lipinski definition) is 4. The maximum absolute atomic E-state index is 11.9. The fourth-order valence-corrected chi connectivity index (χ4v) is 4.34. The Bertz CT molecular complexity index is 1230. The molecule has 1 fully saturated rings. The smallest absolute Gasteiger partial charge is 0.254 e. The van der Waals surface area contributed by atoms with E-state index in [9.17, 15) is 9.59 Å². The van der Waals surface area contributed by atoms with Gasteiger partial charge in [-0.2, -0.15) is 4.98 Å². The minimum absolute atomic E-state index is 0.193. The number of rotatable bonds is 12. The minimum atomic E-state index is -0.623. The average Bonchev–Trinajstić information content (AvgIpc) is 2.92. The molecule has 0 aliphatic carbocycles. The van der Waals surface area contributed by atoms with Gasteiger partial charge >= 0.3 is 0 Å². The zero-order chi connectivity index (χ0) is 26.7. The number of likely N-dealkylation sites (tertiary alicyclic amines) is 1. The zero-order valence-electron chi connectivity index (χ0n) is 21.7. The lowest BCUT2D eigenvalue weighted by Gasteiger charge is -2.26. The van der Waals surface area contributed by atoms with Gasteiger partial charge in [0.25, 0.3) is 5.91 Å². The van der Waals surface area contributed by atoms with Gasteiger partial charge in [-0.25, -0.2) is 4.98 Å². The summed E-state index contributed by atoms with van der Waals surface area (Å²) in [5.41, 5.74) is 7.95. The van der Waals surface area contributed by atoms with Crippen molar-refractivity contribution >= 4 is 35.0 Å². The van der Waals surface area contributed by atoms with Crippen LogP contribution in [-0.2, 0) is 11.3 Å². The summed E-state index contributed by atoms with van der Waals surface area (Å²) in [6, 6.07) is 15.2. The molecule has 5 N–H and O–H groups in total. The number of aromatic nitrogens is 2. The van der Waals surface area contributed by atoms with E-state index in [0.29, 0.717) is 36.1 Å². The number of piperidine rings is 1. The first kappa shape index (κ1) is 26.9. The molecule has 200 valence electrons. The van der Waals surface area contributed by atoms with Crippen molar-refractivity contribution in [3.05, 3.63) is 65.9 Å². The molecule has 0 radical (unpaired) electrons. The molecule has 2 amide bonds. The van der Waals surface area contributed by atoms with E-state index in [1.807, 2.05) is 36.4 Å². The first-order chi connectivity index (χ1) is 18.5. The highest BCUT2D eigenvalue weighted by molar-refractivity contribution is 5.97. The minimum Gasteiger partial charge on any atom is -0.491 e. The Morgan fingerprint density at radius 1 is 1.08 bits per heavy atom. The molecule has 1 saturated heterocycles. The highest BCUT2D eigenvalue weighted by Gasteiger charge is 2.14. The molecule has 38 heavy (non-hydrogen) atoms. The number of hydrogen-bond acceptors (Lipinski definition) is 8. The van der Waals surface area contributed by atoms with Crippen LogP contribution in [0.2, 0.25) is 0 Å². The summed E-state index contributed by atoms with van der Waals surface area (Å²) < 4.78 is 6.01. The fourth-order valence-electron chi connectivity index (χ4n) is 4.34. The summed E-state index contributed by atoms with van der Waals surface area (Å²) in [6.07, 6.45) is 6.15. The molecule has 10 heteroatoms. The Morgan fingerprint density at radius 2 is 1.87 bits per heavy atom. The second-order valence-electron chi connectivity index (χ2n) is 9.28. The Balaban J connectivity index is 1.43. The van der Waals surface area contributed by atoms with Crippen LogP contribution in [0.1, 0.15) is 48.5 Å². The lowest BCUT2D eigenvalue weighted by atomic mass is 10.1. The van der Waals surface area contributed by atoms with Crippen LogP contribution in [0.4, 0.5) is 23.1 Å². The van der Waals surface area contributed by atoms with E-state index >= 15 is 0 Å². The third-order valence-electron chi connectivity index (χ3n) is 6.23. The van der Waals surface area contributed by atoms with Crippen molar-refractivity contribution in [2.24, 2.45) is 5.73 Å². The van der Waals surface area contributed by atoms with Gasteiger partial charge in [0.1, 0.15) is 11.6 Å². The molecule has 10 nitrogen and oxygen atoms in total. The molecular formula is C28H35N7O3. The van der Waals surface area contributed by atoms with E-state index < -0.39 is 5.91 Å². The maximum atomic E-state index is 11.9. The van der Waals surface area contributed by atoms with Gasteiger partial charge in [0.2, 0.25) is 11.9 Å². The molecule has 2 aromatic carbocycles. The number of nitrogens with two attached hydrogens (primary N) is 1. The number of carbonyl (C=O) groups is 2. The number of nitrogens with one attached hydrogen (secondary N) is 3. The van der Waals surface area contributed by atoms with Crippen molar-refractivity contribution in [3.8, 4) is 5.75 Å². The van der Waals surface area contributed by atoms with Crippen LogP contribution in [0.25, 0.3) is 0 Å². The third-order valence-corrected chi connectivity index (χ3v) is 6.23. The molecule has 1 aliphatic rings. The van der Waals surface area contributed by atoms with Gasteiger partial charge in [-0.15, -0.1) is 0 Å². The van der Waals surface area contributed by atoms with Crippen LogP contribution in [0, 0.1) is 0 Å². The van der Waals surface area contributed by atoms with Crippen LogP contribution in [0.5, 0.6) is 5.75 Å². The molecule has 2 heterocycles. The largest absolute Gasteiger partial charge is 0.491 e. The topological polar surface area (TPSA) is 135 Å². The molecule has 4 rings (SSSR count). The predicted octanol–water partition coefficient (Wildman–Crippen LogP) is 4.14. The van der Waals surface area contributed by atoms with E-state index in [1.54, 1.807) is 12.1 Å². The van der Waals surface area contributed by atoms with Crippen LogP contribution >= 0.6 is 0 Å². The summed E-state index contributed by atoms with van der Waals surface area (Å²) in [6.45, 7) is 5.80. The third kappa shape index (κ3) is 7.91. The van der Waals surface area contributed by atoms with Crippen molar-refractivity contribution < 1.29 is 14.3 Å². The summed E-state index contributed by atoms with van der Waals surface area (Å²) >= 11 is 0. The second kappa shape index (κ2) is 13.4. The second-order valence-corrected chi connectivity index (χ2v) is 9.28. The summed E-state index contributed by atoms with van der Waals surface area (Å²) in [7, 11) is 0. The number of amides is 2. The molecule has 0 bridgehead atoms. The van der Waals surface area contributed by atoms with Gasteiger partial charge in [-0.1, -0.05) is 36.8 Å². The van der Waals surface area contributed by atoms with Crippen molar-refractivity contribution in [1.29, 1.82) is 0 Å². The van der Waals surface area contributed by atoms with Gasteiger partial charge < -0.3 is 31.3 Å². The molecule has 0 atom stereocenters. The standard InChI is InChI=1S/C28H35N7O3/c1-20(36)32-24-17-22(11-12-25(24)38-16-8-15-35-13-6-3-7-14-35)33-28-31-19-23(26(29)37)27(34-28)30-18-21-9-4-2-5-10-21/h2,4-5,9-12,17,19H,3,6-8,13-16,18H2,1H3,(H2,29,37)(H,32,36)(H2,30,31,33,34). The first-order valence-corrected chi connectivity index (χ1v) is 13.0. The summed E-state index contributed by atoms with van der Waals surface area (Å²) in [5, 5.41) is 9.13. The Hall–Kier alpha value is -4.18. The van der Waals surface area contributed by atoms with Crippen molar-refractivity contribution in [1.82, 2.24) is 14.9 Å². The number of carbonyl (C=O) groups excluding carboxylic acids is 2. The number of ether oxygens (including phenoxy) is 1. The van der Waals surface area contributed by atoms with Crippen LogP contribution in [0.3, 0.4) is 0 Å². The highest BCUT2D eigenvalue weighted by Crippen LogP contribution is 2.30. The Labute approximate surface area is 223 Å². The van der Waals surface area contributed by atoms with Gasteiger partial charge in [0.15, 0.2) is 0 Å². The first-order valence-electron chi connectivity index (χ1n) is 13.0. The van der Waals surface area contributed by atoms with E-state index in [4.69, 9.17) is 10.5 Å². The van der Waals surface area contributed by atoms with Crippen LogP contribution < -0.4 is 26.4 Å². The van der Waals surface area contributed by atoms with E-state index in [2.05, 4.69) is 30.8 Å². The molecule has 0 spiro atoms. The van der Waals surface area contributed by atoms with E-state index in [1.165, 1.54) is 32.4 Å². The van der Waals surface area contributed by atoms with E-state index in [-0.39, 0.29) is 17.4 Å². The number of primary amides is 1.